The van der Waals surface area contributed by atoms with Crippen LogP contribution in [0.4, 0.5) is 0 Å². The molecule has 0 radical (unpaired) electrons. The van der Waals surface area contributed by atoms with Crippen molar-refractivity contribution in [2.75, 3.05) is 13.1 Å². The number of nitrogens with zero attached hydrogens (tertiary/aromatic N) is 1. The zero-order valence-electron chi connectivity index (χ0n) is 16.9. The number of ketones is 1. The largest absolute Gasteiger partial charge is 0.451 e. The maximum Gasteiger partial charge on any atom is 0.340 e. The fourth-order valence-corrected chi connectivity index (χ4v) is 5.04. The maximum atomic E-state index is 12.9. The summed E-state index contributed by atoms with van der Waals surface area (Å²) >= 11 is 6.13. The lowest BCUT2D eigenvalue weighted by Gasteiger charge is -2.26. The van der Waals surface area contributed by atoms with Crippen LogP contribution >= 0.6 is 11.6 Å². The fourth-order valence-electron chi connectivity index (χ4n) is 3.31. The number of carbonyl (C=O) groups is 2. The molecule has 1 atom stereocenters. The smallest absolute Gasteiger partial charge is 0.340 e. The number of hydrogen-bond acceptors (Lipinski definition) is 5. The highest BCUT2D eigenvalue weighted by atomic mass is 35.5. The molecule has 0 saturated carbocycles. The van der Waals surface area contributed by atoms with Crippen molar-refractivity contribution in [2.24, 2.45) is 0 Å². The van der Waals surface area contributed by atoms with E-state index in [9.17, 15) is 18.0 Å². The van der Waals surface area contributed by atoms with Crippen molar-refractivity contribution in [1.29, 1.82) is 0 Å². The Morgan fingerprint density at radius 1 is 1.03 bits per heavy atom. The molecule has 8 heteroatoms. The SMILES string of the molecule is Cc1ccc(C(=O)[C@H](C)OC(=O)c2cc(S(=O)(=O)N3CCCCC3)ccc2Cl)cc1. The van der Waals surface area contributed by atoms with E-state index in [2.05, 4.69) is 0 Å². The zero-order valence-corrected chi connectivity index (χ0v) is 18.5. The molecule has 1 fully saturated rings. The Bertz CT molecular complexity index is 1040. The van der Waals surface area contributed by atoms with E-state index in [0.717, 1.165) is 24.8 Å². The number of Topliss-reactive ketones (excluding diaryl/α,β-unsaturated/α-hetero) is 1. The summed E-state index contributed by atoms with van der Waals surface area (Å²) in [6, 6.07) is 10.9. The first-order valence-electron chi connectivity index (χ1n) is 9.81. The minimum atomic E-state index is -3.73. The van der Waals surface area contributed by atoms with Gasteiger partial charge in [-0.15, -0.1) is 0 Å². The third kappa shape index (κ3) is 4.91. The number of piperidine rings is 1. The van der Waals surface area contributed by atoms with Crippen LogP contribution in [0.15, 0.2) is 47.4 Å². The number of benzene rings is 2. The quantitative estimate of drug-likeness (QED) is 0.486. The Morgan fingerprint density at radius 3 is 2.30 bits per heavy atom. The second kappa shape index (κ2) is 9.29. The van der Waals surface area contributed by atoms with E-state index in [1.807, 2.05) is 6.92 Å². The Balaban J connectivity index is 1.79. The van der Waals surface area contributed by atoms with Gasteiger partial charge in [0, 0.05) is 18.7 Å². The summed E-state index contributed by atoms with van der Waals surface area (Å²) in [5, 5.41) is 0.0626. The third-order valence-electron chi connectivity index (χ3n) is 5.10. The molecule has 30 heavy (non-hydrogen) atoms. The van der Waals surface area contributed by atoms with Crippen molar-refractivity contribution in [3.05, 3.63) is 64.2 Å². The molecule has 0 bridgehead atoms. The molecular formula is C22H24ClNO5S. The molecule has 3 rings (SSSR count). The van der Waals surface area contributed by atoms with Crippen LogP contribution in [-0.4, -0.2) is 43.7 Å². The van der Waals surface area contributed by atoms with Gasteiger partial charge in [0.15, 0.2) is 6.10 Å². The molecule has 0 aliphatic carbocycles. The highest BCUT2D eigenvalue weighted by molar-refractivity contribution is 7.89. The van der Waals surface area contributed by atoms with E-state index in [1.165, 1.54) is 29.4 Å². The van der Waals surface area contributed by atoms with E-state index < -0.39 is 22.1 Å². The van der Waals surface area contributed by atoms with Crippen molar-refractivity contribution in [3.63, 3.8) is 0 Å². The van der Waals surface area contributed by atoms with Crippen molar-refractivity contribution in [1.82, 2.24) is 4.31 Å². The number of carbonyl (C=O) groups excluding carboxylic acids is 2. The van der Waals surface area contributed by atoms with E-state index in [1.54, 1.807) is 24.3 Å². The maximum absolute atomic E-state index is 12.9. The monoisotopic (exact) mass is 449 g/mol. The van der Waals surface area contributed by atoms with Crippen LogP contribution in [-0.2, 0) is 14.8 Å². The summed E-state index contributed by atoms with van der Waals surface area (Å²) in [4.78, 5) is 25.2. The number of hydrogen-bond donors (Lipinski definition) is 0. The van der Waals surface area contributed by atoms with Gasteiger partial charge in [0.05, 0.1) is 15.5 Å². The molecule has 0 unspecified atom stereocenters. The van der Waals surface area contributed by atoms with Crippen LogP contribution in [0.2, 0.25) is 5.02 Å². The molecule has 1 aliphatic heterocycles. The molecule has 1 aliphatic rings. The summed E-state index contributed by atoms with van der Waals surface area (Å²) < 4.78 is 32.5. The van der Waals surface area contributed by atoms with E-state index >= 15 is 0 Å². The lowest BCUT2D eigenvalue weighted by Crippen LogP contribution is -2.35. The van der Waals surface area contributed by atoms with Gasteiger partial charge in [-0.3, -0.25) is 4.79 Å². The third-order valence-corrected chi connectivity index (χ3v) is 7.32. The average molecular weight is 450 g/mol. The predicted octanol–water partition coefficient (Wildman–Crippen LogP) is 4.25. The first-order chi connectivity index (χ1) is 14.2. The van der Waals surface area contributed by atoms with Gasteiger partial charge in [0.25, 0.3) is 0 Å². The van der Waals surface area contributed by atoms with Gasteiger partial charge in [-0.1, -0.05) is 47.9 Å². The lowest BCUT2D eigenvalue weighted by molar-refractivity contribution is 0.0318. The summed E-state index contributed by atoms with van der Waals surface area (Å²) in [6.07, 6.45) is 1.57. The summed E-state index contributed by atoms with van der Waals surface area (Å²) in [7, 11) is -3.73. The first kappa shape index (κ1) is 22.5. The van der Waals surface area contributed by atoms with Gasteiger partial charge in [-0.2, -0.15) is 4.31 Å². The van der Waals surface area contributed by atoms with Gasteiger partial charge in [-0.05, 0) is 44.9 Å². The normalized spacial score (nSPS) is 16.1. The van der Waals surface area contributed by atoms with Crippen LogP contribution in [0.1, 0.15) is 52.5 Å². The van der Waals surface area contributed by atoms with E-state index in [4.69, 9.17) is 16.3 Å². The molecule has 6 nitrogen and oxygen atoms in total. The van der Waals surface area contributed by atoms with Crippen LogP contribution in [0, 0.1) is 6.92 Å². The van der Waals surface area contributed by atoms with E-state index in [0.29, 0.717) is 18.7 Å². The number of rotatable bonds is 6. The first-order valence-corrected chi connectivity index (χ1v) is 11.6. The second-order valence-corrected chi connectivity index (χ2v) is 9.73. The van der Waals surface area contributed by atoms with Gasteiger partial charge in [0.2, 0.25) is 15.8 Å². The van der Waals surface area contributed by atoms with Gasteiger partial charge < -0.3 is 4.74 Å². The number of sulfonamides is 1. The summed E-state index contributed by atoms with van der Waals surface area (Å²) in [6.45, 7) is 4.28. The topological polar surface area (TPSA) is 80.8 Å². The average Bonchev–Trinajstić information content (AvgIpc) is 2.74. The predicted molar refractivity (Wildman–Crippen MR) is 114 cm³/mol. The molecule has 1 heterocycles. The Morgan fingerprint density at radius 2 is 1.67 bits per heavy atom. The van der Waals surface area contributed by atoms with Crippen LogP contribution < -0.4 is 0 Å². The molecule has 1 saturated heterocycles. The van der Waals surface area contributed by atoms with Crippen LogP contribution in [0.3, 0.4) is 0 Å². The minimum absolute atomic E-state index is 0.0155. The van der Waals surface area contributed by atoms with Gasteiger partial charge >= 0.3 is 5.97 Å². The number of esters is 1. The van der Waals surface area contributed by atoms with Crippen molar-refractivity contribution in [2.45, 2.75) is 44.1 Å². The summed E-state index contributed by atoms with van der Waals surface area (Å²) in [5.41, 5.74) is 1.35. The Hall–Kier alpha value is -2.22. The molecule has 2 aromatic carbocycles. The molecule has 0 aromatic heterocycles. The Kier molecular flexibility index (Phi) is 6.95. The molecule has 160 valence electrons. The Labute approximate surface area is 181 Å². The molecule has 0 amide bonds. The van der Waals surface area contributed by atoms with E-state index in [-0.39, 0.29) is 21.3 Å². The standard InChI is InChI=1S/C22H24ClNO5S/c1-15-6-8-17(9-7-15)21(25)16(2)29-22(26)19-14-18(10-11-20(19)23)30(27,28)24-12-4-3-5-13-24/h6-11,14,16H,3-5,12-13H2,1-2H3/t16-/m0/s1. The van der Waals surface area contributed by atoms with Crippen molar-refractivity contribution >= 4 is 33.4 Å². The number of ether oxygens (including phenoxy) is 1. The van der Waals surface area contributed by atoms with Gasteiger partial charge in [0.1, 0.15) is 0 Å². The molecular weight excluding hydrogens is 426 g/mol. The fraction of sp³-hybridized carbons (Fsp3) is 0.364. The molecule has 0 spiro atoms. The van der Waals surface area contributed by atoms with Crippen LogP contribution in [0.25, 0.3) is 0 Å². The zero-order chi connectivity index (χ0) is 21.9. The van der Waals surface area contributed by atoms with Crippen molar-refractivity contribution in [3.8, 4) is 0 Å². The molecule has 2 aromatic rings. The highest BCUT2D eigenvalue weighted by Gasteiger charge is 2.28. The highest BCUT2D eigenvalue weighted by Crippen LogP contribution is 2.26. The second-order valence-electron chi connectivity index (χ2n) is 7.38. The molecule has 0 N–H and O–H groups in total. The number of halogens is 1. The van der Waals surface area contributed by atoms with Gasteiger partial charge in [-0.25, -0.2) is 13.2 Å². The van der Waals surface area contributed by atoms with Crippen molar-refractivity contribution < 1.29 is 22.7 Å². The lowest BCUT2D eigenvalue weighted by atomic mass is 10.1. The van der Waals surface area contributed by atoms with Crippen LogP contribution in [0.5, 0.6) is 0 Å². The summed E-state index contributed by atoms with van der Waals surface area (Å²) in [5.74, 6) is -1.19. The number of aryl methyl sites for hydroxylation is 1. The minimum Gasteiger partial charge on any atom is -0.451 e.